The second-order valence-electron chi connectivity index (χ2n) is 2.75. The number of nitrogens with zero attached hydrogens (tertiary/aromatic N) is 1. The first-order valence-corrected chi connectivity index (χ1v) is 4.02. The molecule has 0 aliphatic heterocycles. The van der Waals surface area contributed by atoms with E-state index in [0.29, 0.717) is 11.5 Å². The van der Waals surface area contributed by atoms with Crippen molar-refractivity contribution >= 4 is 0 Å². The Bertz CT molecular complexity index is 265. The first kappa shape index (κ1) is 9.80. The first-order valence-electron chi connectivity index (χ1n) is 4.02. The van der Waals surface area contributed by atoms with Crippen LogP contribution < -0.4 is 15.2 Å². The van der Waals surface area contributed by atoms with Gasteiger partial charge in [0.2, 0.25) is 0 Å². The van der Waals surface area contributed by atoms with Gasteiger partial charge in [0, 0.05) is 6.04 Å². The van der Waals surface area contributed by atoms with Gasteiger partial charge < -0.3 is 15.2 Å². The van der Waals surface area contributed by atoms with E-state index in [9.17, 15) is 0 Å². The van der Waals surface area contributed by atoms with Gasteiger partial charge in [-0.05, 0) is 6.92 Å². The van der Waals surface area contributed by atoms with Crippen LogP contribution in [0.3, 0.4) is 0 Å². The fourth-order valence-electron chi connectivity index (χ4n) is 1.21. The lowest BCUT2D eigenvalue weighted by Crippen LogP contribution is -2.09. The Morgan fingerprint density at radius 3 is 2.00 bits per heavy atom. The first-order chi connectivity index (χ1) is 6.20. The van der Waals surface area contributed by atoms with Crippen LogP contribution in [-0.4, -0.2) is 19.2 Å². The zero-order valence-corrected chi connectivity index (χ0v) is 8.07. The monoisotopic (exact) mass is 182 g/mol. The zero-order valence-electron chi connectivity index (χ0n) is 8.07. The molecule has 1 aromatic rings. The van der Waals surface area contributed by atoms with Crippen LogP contribution in [0.4, 0.5) is 0 Å². The maximum absolute atomic E-state index is 5.78. The molecule has 1 heterocycles. The van der Waals surface area contributed by atoms with E-state index in [1.807, 2.05) is 6.92 Å². The fraction of sp³-hybridized carbons (Fsp3) is 0.444. The van der Waals surface area contributed by atoms with Crippen LogP contribution in [-0.2, 0) is 0 Å². The van der Waals surface area contributed by atoms with E-state index in [1.165, 1.54) is 0 Å². The molecule has 0 aromatic carbocycles. The molecular weight excluding hydrogens is 168 g/mol. The van der Waals surface area contributed by atoms with Crippen LogP contribution >= 0.6 is 0 Å². The largest absolute Gasteiger partial charge is 0.495 e. The van der Waals surface area contributed by atoms with Gasteiger partial charge in [-0.15, -0.1) is 0 Å². The van der Waals surface area contributed by atoms with Crippen LogP contribution in [0.15, 0.2) is 12.4 Å². The molecule has 0 saturated carbocycles. The van der Waals surface area contributed by atoms with E-state index in [0.717, 1.165) is 5.56 Å². The molecule has 1 aromatic heterocycles. The molecule has 72 valence electrons. The summed E-state index contributed by atoms with van der Waals surface area (Å²) in [4.78, 5) is 3.96. The van der Waals surface area contributed by atoms with Crippen molar-refractivity contribution in [2.75, 3.05) is 14.2 Å². The van der Waals surface area contributed by atoms with Crippen molar-refractivity contribution < 1.29 is 9.47 Å². The molecule has 1 atom stereocenters. The van der Waals surface area contributed by atoms with Crippen molar-refractivity contribution in [2.45, 2.75) is 13.0 Å². The van der Waals surface area contributed by atoms with Crippen LogP contribution in [0.1, 0.15) is 18.5 Å². The van der Waals surface area contributed by atoms with Crippen molar-refractivity contribution in [3.05, 3.63) is 18.0 Å². The molecule has 0 saturated heterocycles. The molecule has 0 aliphatic carbocycles. The summed E-state index contributed by atoms with van der Waals surface area (Å²) in [6.45, 7) is 1.88. The smallest absolute Gasteiger partial charge is 0.145 e. The molecule has 13 heavy (non-hydrogen) atoms. The summed E-state index contributed by atoms with van der Waals surface area (Å²) in [5.41, 5.74) is 6.63. The Kier molecular flexibility index (Phi) is 3.08. The highest BCUT2D eigenvalue weighted by Crippen LogP contribution is 2.31. The quantitative estimate of drug-likeness (QED) is 0.761. The minimum Gasteiger partial charge on any atom is -0.495 e. The molecule has 0 amide bonds. The SMILES string of the molecule is COc1cncc(OC)c1[C@@H](C)N. The number of hydrogen-bond donors (Lipinski definition) is 1. The maximum atomic E-state index is 5.78. The fourth-order valence-corrected chi connectivity index (χ4v) is 1.21. The molecule has 0 aliphatic rings. The van der Waals surface area contributed by atoms with Crippen molar-refractivity contribution in [2.24, 2.45) is 5.73 Å². The molecule has 0 radical (unpaired) electrons. The molecule has 4 nitrogen and oxygen atoms in total. The van der Waals surface area contributed by atoms with Crippen molar-refractivity contribution in [3.8, 4) is 11.5 Å². The molecule has 4 heteroatoms. The molecule has 0 fully saturated rings. The average molecular weight is 182 g/mol. The van der Waals surface area contributed by atoms with Gasteiger partial charge in [0.1, 0.15) is 11.5 Å². The summed E-state index contributed by atoms with van der Waals surface area (Å²) in [5, 5.41) is 0. The van der Waals surface area contributed by atoms with E-state index in [2.05, 4.69) is 4.98 Å². The third kappa shape index (κ3) is 1.89. The lowest BCUT2D eigenvalue weighted by molar-refractivity contribution is 0.377. The summed E-state index contributed by atoms with van der Waals surface area (Å²) in [6.07, 6.45) is 3.25. The molecule has 2 N–H and O–H groups in total. The van der Waals surface area contributed by atoms with Crippen LogP contribution in [0.2, 0.25) is 0 Å². The van der Waals surface area contributed by atoms with E-state index in [4.69, 9.17) is 15.2 Å². The van der Waals surface area contributed by atoms with Crippen molar-refractivity contribution in [1.82, 2.24) is 4.98 Å². The Morgan fingerprint density at radius 2 is 1.69 bits per heavy atom. The summed E-state index contributed by atoms with van der Waals surface area (Å²) in [7, 11) is 3.17. The Balaban J connectivity index is 3.21. The Labute approximate surface area is 77.7 Å². The van der Waals surface area contributed by atoms with Gasteiger partial charge in [0.25, 0.3) is 0 Å². The van der Waals surface area contributed by atoms with Crippen molar-refractivity contribution in [3.63, 3.8) is 0 Å². The normalized spacial score (nSPS) is 12.3. The lowest BCUT2D eigenvalue weighted by Gasteiger charge is -2.14. The number of hydrogen-bond acceptors (Lipinski definition) is 4. The number of ether oxygens (including phenoxy) is 2. The van der Waals surface area contributed by atoms with Gasteiger partial charge in [-0.2, -0.15) is 0 Å². The highest BCUT2D eigenvalue weighted by molar-refractivity contribution is 5.43. The minimum absolute atomic E-state index is 0.132. The van der Waals surface area contributed by atoms with Gasteiger partial charge in [-0.1, -0.05) is 0 Å². The zero-order chi connectivity index (χ0) is 9.84. The summed E-state index contributed by atoms with van der Waals surface area (Å²) >= 11 is 0. The third-order valence-electron chi connectivity index (χ3n) is 1.81. The predicted octanol–water partition coefficient (Wildman–Crippen LogP) is 1.12. The van der Waals surface area contributed by atoms with Crippen LogP contribution in [0.5, 0.6) is 11.5 Å². The number of pyridine rings is 1. The van der Waals surface area contributed by atoms with Gasteiger partial charge in [0.05, 0.1) is 32.2 Å². The van der Waals surface area contributed by atoms with Crippen LogP contribution in [0.25, 0.3) is 0 Å². The van der Waals surface area contributed by atoms with Crippen LogP contribution in [0, 0.1) is 0 Å². The van der Waals surface area contributed by atoms with Gasteiger partial charge in [0.15, 0.2) is 0 Å². The molecule has 0 unspecified atom stereocenters. The van der Waals surface area contributed by atoms with E-state index in [1.54, 1.807) is 26.6 Å². The summed E-state index contributed by atoms with van der Waals surface area (Å²) in [5.74, 6) is 1.32. The number of rotatable bonds is 3. The highest BCUT2D eigenvalue weighted by Gasteiger charge is 2.13. The van der Waals surface area contributed by atoms with E-state index >= 15 is 0 Å². The van der Waals surface area contributed by atoms with Crippen molar-refractivity contribution in [1.29, 1.82) is 0 Å². The minimum atomic E-state index is -0.132. The lowest BCUT2D eigenvalue weighted by atomic mass is 10.1. The Morgan fingerprint density at radius 1 is 1.23 bits per heavy atom. The average Bonchev–Trinajstić information content (AvgIpc) is 2.16. The second kappa shape index (κ2) is 4.09. The molecule has 0 bridgehead atoms. The standard InChI is InChI=1S/C9H14N2O2/c1-6(10)9-7(12-2)4-11-5-8(9)13-3/h4-6H,10H2,1-3H3/t6-/m1/s1. The molecule has 0 spiro atoms. The maximum Gasteiger partial charge on any atom is 0.145 e. The molecular formula is C9H14N2O2. The van der Waals surface area contributed by atoms with Gasteiger partial charge in [-0.3, -0.25) is 4.98 Å². The van der Waals surface area contributed by atoms with E-state index in [-0.39, 0.29) is 6.04 Å². The molecule has 1 rings (SSSR count). The Hall–Kier alpha value is -1.29. The number of nitrogens with two attached hydrogens (primary N) is 1. The summed E-state index contributed by atoms with van der Waals surface area (Å²) in [6, 6.07) is -0.132. The highest BCUT2D eigenvalue weighted by atomic mass is 16.5. The number of aromatic nitrogens is 1. The van der Waals surface area contributed by atoms with Gasteiger partial charge in [-0.25, -0.2) is 0 Å². The second-order valence-corrected chi connectivity index (χ2v) is 2.75. The number of methoxy groups -OCH3 is 2. The summed E-state index contributed by atoms with van der Waals surface area (Å²) < 4.78 is 10.3. The van der Waals surface area contributed by atoms with E-state index < -0.39 is 0 Å². The predicted molar refractivity (Wildman–Crippen MR) is 49.9 cm³/mol. The third-order valence-corrected chi connectivity index (χ3v) is 1.81. The topological polar surface area (TPSA) is 57.4 Å². The van der Waals surface area contributed by atoms with Gasteiger partial charge >= 0.3 is 0 Å².